The summed E-state index contributed by atoms with van der Waals surface area (Å²) in [5.74, 6) is 3.69. The fourth-order valence-electron chi connectivity index (χ4n) is 7.54. The highest BCUT2D eigenvalue weighted by atomic mass is 16.3. The molecule has 0 radical (unpaired) electrons. The van der Waals surface area contributed by atoms with Gasteiger partial charge >= 0.3 is 0 Å². The molecule has 4 aliphatic carbocycles. The topological polar surface area (TPSA) is 20.2 Å². The highest BCUT2D eigenvalue weighted by Gasteiger charge is 2.62. The van der Waals surface area contributed by atoms with E-state index in [1.54, 1.807) is 0 Å². The first-order valence-corrected chi connectivity index (χ1v) is 9.61. The molecule has 4 aliphatic rings. The minimum atomic E-state index is -0.410. The molecule has 0 amide bonds. The third-order valence-corrected chi connectivity index (χ3v) is 9.15. The van der Waals surface area contributed by atoms with E-state index in [2.05, 4.69) is 20.8 Å². The second kappa shape index (κ2) is 4.49. The van der Waals surface area contributed by atoms with Gasteiger partial charge in [-0.05, 0) is 92.8 Å². The average molecular weight is 290 g/mol. The van der Waals surface area contributed by atoms with Crippen LogP contribution in [0.2, 0.25) is 0 Å². The van der Waals surface area contributed by atoms with Crippen LogP contribution in [0.25, 0.3) is 0 Å². The Hall–Kier alpha value is -0.0400. The normalized spacial score (nSPS) is 60.0. The molecule has 0 aromatic rings. The summed E-state index contributed by atoms with van der Waals surface area (Å²) in [6.45, 7) is 7.18. The molecule has 0 aromatic carbocycles. The molecule has 4 saturated carbocycles. The molecule has 4 fully saturated rings. The van der Waals surface area contributed by atoms with Crippen molar-refractivity contribution in [1.82, 2.24) is 0 Å². The highest BCUT2D eigenvalue weighted by molar-refractivity contribution is 5.12. The lowest BCUT2D eigenvalue weighted by molar-refractivity contribution is -0.145. The van der Waals surface area contributed by atoms with Gasteiger partial charge in [0, 0.05) is 0 Å². The van der Waals surface area contributed by atoms with Gasteiger partial charge < -0.3 is 5.11 Å². The summed E-state index contributed by atoms with van der Waals surface area (Å²) in [6.07, 6.45) is 13.9. The van der Waals surface area contributed by atoms with Crippen molar-refractivity contribution in [3.05, 3.63) is 0 Å². The van der Waals surface area contributed by atoms with Crippen molar-refractivity contribution < 1.29 is 5.11 Å². The molecule has 0 heterocycles. The van der Waals surface area contributed by atoms with Crippen LogP contribution in [-0.4, -0.2) is 10.7 Å². The first-order chi connectivity index (χ1) is 9.88. The number of aliphatic hydroxyl groups is 1. The van der Waals surface area contributed by atoms with E-state index in [0.717, 1.165) is 30.1 Å². The van der Waals surface area contributed by atoms with Gasteiger partial charge in [0.15, 0.2) is 0 Å². The number of fused-ring (bicyclic) bond motifs is 5. The Balaban J connectivity index is 1.66. The Bertz CT molecular complexity index is 428. The van der Waals surface area contributed by atoms with Crippen LogP contribution in [0.1, 0.15) is 85.0 Å². The maximum atomic E-state index is 10.9. The minimum absolute atomic E-state index is 0.200. The summed E-state index contributed by atoms with van der Waals surface area (Å²) in [6, 6.07) is 0. The fourth-order valence-corrected chi connectivity index (χ4v) is 7.54. The highest BCUT2D eigenvalue weighted by Crippen LogP contribution is 2.68. The van der Waals surface area contributed by atoms with Crippen molar-refractivity contribution in [2.45, 2.75) is 90.6 Å². The Morgan fingerprint density at radius 3 is 2.33 bits per heavy atom. The second-order valence-electron chi connectivity index (χ2n) is 9.67. The summed E-state index contributed by atoms with van der Waals surface area (Å²) >= 11 is 0. The quantitative estimate of drug-likeness (QED) is 0.652. The van der Waals surface area contributed by atoms with Crippen molar-refractivity contribution in [1.29, 1.82) is 0 Å². The van der Waals surface area contributed by atoms with Crippen molar-refractivity contribution in [3.63, 3.8) is 0 Å². The van der Waals surface area contributed by atoms with Gasteiger partial charge in [-0.2, -0.15) is 0 Å². The van der Waals surface area contributed by atoms with Gasteiger partial charge in [0.1, 0.15) is 0 Å². The van der Waals surface area contributed by atoms with E-state index in [1.165, 1.54) is 57.8 Å². The van der Waals surface area contributed by atoms with E-state index in [4.69, 9.17) is 0 Å². The number of hydrogen-bond acceptors (Lipinski definition) is 1. The molecule has 0 saturated heterocycles. The van der Waals surface area contributed by atoms with Crippen LogP contribution >= 0.6 is 0 Å². The Morgan fingerprint density at radius 1 is 0.762 bits per heavy atom. The largest absolute Gasteiger partial charge is 0.390 e. The maximum Gasteiger partial charge on any atom is 0.0675 e. The smallest absolute Gasteiger partial charge is 0.0675 e. The standard InChI is InChI=1S/C20H34O/c1-18-11-5-4-6-14(18)7-8-15-16(18)9-12-19(2)17(15)10-13-20(19,3)21/h14-17,21H,4-13H2,1-3H3/t14-,15+,16-,17-,18-,19-,20+/m0/s1. The summed E-state index contributed by atoms with van der Waals surface area (Å²) in [5, 5.41) is 10.9. The lowest BCUT2D eigenvalue weighted by Crippen LogP contribution is -2.55. The van der Waals surface area contributed by atoms with Crippen LogP contribution in [0.4, 0.5) is 0 Å². The molecule has 0 unspecified atom stereocenters. The predicted molar refractivity (Wildman–Crippen MR) is 87.0 cm³/mol. The Labute approximate surface area is 130 Å². The van der Waals surface area contributed by atoms with Gasteiger partial charge in [-0.15, -0.1) is 0 Å². The van der Waals surface area contributed by atoms with E-state index in [0.29, 0.717) is 5.41 Å². The molecular weight excluding hydrogens is 256 g/mol. The summed E-state index contributed by atoms with van der Waals surface area (Å²) in [5.41, 5.74) is 0.427. The van der Waals surface area contributed by atoms with Crippen LogP contribution in [-0.2, 0) is 0 Å². The van der Waals surface area contributed by atoms with Crippen LogP contribution < -0.4 is 0 Å². The van der Waals surface area contributed by atoms with E-state index >= 15 is 0 Å². The van der Waals surface area contributed by atoms with Gasteiger partial charge in [-0.3, -0.25) is 0 Å². The first-order valence-electron chi connectivity index (χ1n) is 9.61. The third-order valence-electron chi connectivity index (χ3n) is 9.15. The third kappa shape index (κ3) is 1.79. The zero-order valence-electron chi connectivity index (χ0n) is 14.3. The molecule has 1 N–H and O–H groups in total. The Kier molecular flexibility index (Phi) is 3.11. The van der Waals surface area contributed by atoms with Gasteiger partial charge in [0.05, 0.1) is 5.60 Å². The Morgan fingerprint density at radius 2 is 1.52 bits per heavy atom. The van der Waals surface area contributed by atoms with Gasteiger partial charge in [0.25, 0.3) is 0 Å². The summed E-state index contributed by atoms with van der Waals surface area (Å²) in [7, 11) is 0. The van der Waals surface area contributed by atoms with Crippen molar-refractivity contribution >= 4 is 0 Å². The van der Waals surface area contributed by atoms with Crippen molar-refractivity contribution in [2.75, 3.05) is 0 Å². The van der Waals surface area contributed by atoms with Crippen LogP contribution in [0.3, 0.4) is 0 Å². The predicted octanol–water partition coefficient (Wildman–Crippen LogP) is 5.17. The number of rotatable bonds is 0. The molecular formula is C20H34O. The van der Waals surface area contributed by atoms with Gasteiger partial charge in [-0.25, -0.2) is 0 Å². The SMILES string of the molecule is C[C@]12CCCC[C@H]1CC[C@@H]1[C@@H]2CC[C@@]2(C)[C@H]1CC[C@@]2(C)O. The zero-order valence-corrected chi connectivity index (χ0v) is 14.3. The molecule has 120 valence electrons. The second-order valence-corrected chi connectivity index (χ2v) is 9.67. The molecule has 0 bridgehead atoms. The zero-order chi connectivity index (χ0) is 14.9. The van der Waals surface area contributed by atoms with E-state index in [1.807, 2.05) is 0 Å². The molecule has 4 rings (SSSR count). The molecule has 1 nitrogen and oxygen atoms in total. The van der Waals surface area contributed by atoms with E-state index < -0.39 is 5.60 Å². The monoisotopic (exact) mass is 290 g/mol. The van der Waals surface area contributed by atoms with Crippen LogP contribution in [0.5, 0.6) is 0 Å². The summed E-state index contributed by atoms with van der Waals surface area (Å²) < 4.78 is 0. The summed E-state index contributed by atoms with van der Waals surface area (Å²) in [4.78, 5) is 0. The minimum Gasteiger partial charge on any atom is -0.390 e. The molecule has 1 heteroatoms. The van der Waals surface area contributed by atoms with E-state index in [-0.39, 0.29) is 5.41 Å². The molecule has 0 aliphatic heterocycles. The lowest BCUT2D eigenvalue weighted by atomic mass is 9.44. The van der Waals surface area contributed by atoms with Crippen molar-refractivity contribution in [3.8, 4) is 0 Å². The van der Waals surface area contributed by atoms with Gasteiger partial charge in [-0.1, -0.05) is 26.7 Å². The average Bonchev–Trinajstić information content (AvgIpc) is 2.69. The molecule has 0 spiro atoms. The van der Waals surface area contributed by atoms with E-state index in [9.17, 15) is 5.11 Å². The first kappa shape index (κ1) is 14.5. The molecule has 7 atom stereocenters. The van der Waals surface area contributed by atoms with Crippen LogP contribution in [0.15, 0.2) is 0 Å². The van der Waals surface area contributed by atoms with Crippen molar-refractivity contribution in [2.24, 2.45) is 34.5 Å². The lowest BCUT2D eigenvalue weighted by Gasteiger charge is -2.61. The van der Waals surface area contributed by atoms with Gasteiger partial charge in [0.2, 0.25) is 0 Å². The maximum absolute atomic E-state index is 10.9. The van der Waals surface area contributed by atoms with Crippen LogP contribution in [0, 0.1) is 34.5 Å². The number of hydrogen-bond donors (Lipinski definition) is 1. The molecule has 21 heavy (non-hydrogen) atoms. The fraction of sp³-hybridized carbons (Fsp3) is 1.00. The molecule has 0 aromatic heterocycles.